The number of hydrogen-bond donors (Lipinski definition) is 0. The maximum atomic E-state index is 4.64. The number of anilines is 2. The van der Waals surface area contributed by atoms with Gasteiger partial charge >= 0.3 is 0 Å². The van der Waals surface area contributed by atoms with E-state index >= 15 is 0 Å². The van der Waals surface area contributed by atoms with E-state index in [1.165, 1.54) is 88.1 Å². The quantitative estimate of drug-likeness (QED) is 0.149. The third kappa shape index (κ3) is 6.75. The molecular weight excluding hydrogens is 813 g/mol. The van der Waals surface area contributed by atoms with Crippen LogP contribution in [0.2, 0.25) is 0 Å². The van der Waals surface area contributed by atoms with Crippen LogP contribution in [-0.2, 0) is 12.8 Å². The van der Waals surface area contributed by atoms with Gasteiger partial charge in [-0.15, -0.1) is 0 Å². The molecule has 0 saturated heterocycles. The Morgan fingerprint density at radius 3 is 1.90 bits per heavy atom. The molecule has 322 valence electrons. The summed E-state index contributed by atoms with van der Waals surface area (Å²) in [5, 5.41) is 6.27. The first-order valence-corrected chi connectivity index (χ1v) is 23.5. The standard InChI is InChI=1S/C63H50N4/c1-4-5-25-52-44(3)65(48-23-10-7-11-24-48)63-55(52)37-38-61-62(63)56-28-15-19-32-60(56)66(61)49-35-33-45(34-36-49)39-46-40-50(64-43(2)20-8-6-9-21-47-22-12-16-29-57(47)64)42-51(41-46)67-58-30-17-13-26-53(58)54-27-14-18-31-59(54)67/h5-20,22-38,40-42H,2,4,21,39H2,1,3H3/b9-6-,20-8-,25-5-. The first kappa shape index (κ1) is 40.2. The predicted octanol–water partition coefficient (Wildman–Crippen LogP) is 16.5. The second-order valence-electron chi connectivity index (χ2n) is 17.7. The van der Waals surface area contributed by atoms with Gasteiger partial charge in [-0.2, -0.15) is 0 Å². The highest BCUT2D eigenvalue weighted by Crippen LogP contribution is 2.42. The highest BCUT2D eigenvalue weighted by molar-refractivity contribution is 6.22. The summed E-state index contributed by atoms with van der Waals surface area (Å²) >= 11 is 0. The van der Waals surface area contributed by atoms with Gasteiger partial charge < -0.3 is 18.6 Å². The minimum atomic E-state index is 0.753. The minimum absolute atomic E-state index is 0.753. The van der Waals surface area contributed by atoms with Gasteiger partial charge in [-0.05, 0) is 122 Å². The lowest BCUT2D eigenvalue weighted by Crippen LogP contribution is -2.16. The highest BCUT2D eigenvalue weighted by atomic mass is 15.2. The molecule has 0 N–H and O–H groups in total. The Hall–Kier alpha value is -8.34. The fourth-order valence-corrected chi connectivity index (χ4v) is 10.7. The molecule has 0 spiro atoms. The number of hydrogen-bond acceptors (Lipinski definition) is 1. The zero-order chi connectivity index (χ0) is 45.0. The van der Waals surface area contributed by atoms with Crippen molar-refractivity contribution in [1.82, 2.24) is 13.7 Å². The van der Waals surface area contributed by atoms with Crippen LogP contribution in [0.5, 0.6) is 0 Å². The van der Waals surface area contributed by atoms with E-state index in [4.69, 9.17) is 0 Å². The van der Waals surface area contributed by atoms with Gasteiger partial charge in [0.25, 0.3) is 0 Å². The van der Waals surface area contributed by atoms with Crippen molar-refractivity contribution < 1.29 is 0 Å². The molecule has 67 heavy (non-hydrogen) atoms. The Morgan fingerprint density at radius 1 is 0.522 bits per heavy atom. The van der Waals surface area contributed by atoms with E-state index in [2.05, 4.69) is 257 Å². The van der Waals surface area contributed by atoms with Crippen molar-refractivity contribution in [2.75, 3.05) is 4.90 Å². The van der Waals surface area contributed by atoms with Crippen molar-refractivity contribution in [3.8, 4) is 17.1 Å². The van der Waals surface area contributed by atoms with Crippen molar-refractivity contribution in [2.24, 2.45) is 0 Å². The molecule has 11 aromatic rings. The lowest BCUT2D eigenvalue weighted by molar-refractivity contribution is 1.05. The van der Waals surface area contributed by atoms with Gasteiger partial charge in [-0.3, -0.25) is 0 Å². The van der Waals surface area contributed by atoms with E-state index < -0.39 is 0 Å². The third-order valence-corrected chi connectivity index (χ3v) is 13.6. The van der Waals surface area contributed by atoms with Gasteiger partial charge in [-0.25, -0.2) is 0 Å². The summed E-state index contributed by atoms with van der Waals surface area (Å²) < 4.78 is 7.34. The van der Waals surface area contributed by atoms with Crippen molar-refractivity contribution in [1.29, 1.82) is 0 Å². The number of aromatic nitrogens is 3. The second kappa shape index (κ2) is 16.6. The SMILES string of the molecule is C=C1/C=C\C=C/Cc2ccccc2N1c1cc(Cc2ccc(-n3c4ccccc4c4c5c(ccc43)c(/C=C\CC)c(C)n5-c3ccccc3)cc2)cc(-n2c3ccccc3c3ccccc32)c1. The maximum Gasteiger partial charge on any atom is 0.0637 e. The molecule has 4 nitrogen and oxygen atoms in total. The highest BCUT2D eigenvalue weighted by Gasteiger charge is 2.23. The minimum Gasteiger partial charge on any atom is -0.313 e. The molecule has 0 radical (unpaired) electrons. The van der Waals surface area contributed by atoms with Crippen LogP contribution in [0.3, 0.4) is 0 Å². The van der Waals surface area contributed by atoms with Gasteiger partial charge in [0.1, 0.15) is 0 Å². The Kier molecular flexibility index (Phi) is 9.95. The van der Waals surface area contributed by atoms with Crippen LogP contribution in [0.1, 0.15) is 41.3 Å². The van der Waals surface area contributed by atoms with Crippen molar-refractivity contribution in [3.05, 3.63) is 253 Å². The summed E-state index contributed by atoms with van der Waals surface area (Å²) in [6.45, 7) is 9.10. The number of benzene rings is 8. The van der Waals surface area contributed by atoms with Crippen molar-refractivity contribution >= 4 is 72.0 Å². The molecule has 1 aliphatic heterocycles. The van der Waals surface area contributed by atoms with E-state index in [0.717, 1.165) is 47.7 Å². The van der Waals surface area contributed by atoms with E-state index in [-0.39, 0.29) is 0 Å². The fourth-order valence-electron chi connectivity index (χ4n) is 10.7. The zero-order valence-corrected chi connectivity index (χ0v) is 37.9. The molecular formula is C63H50N4. The molecule has 4 heteroatoms. The second-order valence-corrected chi connectivity index (χ2v) is 17.7. The Labute approximate surface area is 391 Å². The molecule has 0 bridgehead atoms. The topological polar surface area (TPSA) is 18.0 Å². The van der Waals surface area contributed by atoms with Crippen LogP contribution in [0.15, 0.2) is 225 Å². The molecule has 12 rings (SSSR count). The molecule has 8 aromatic carbocycles. The van der Waals surface area contributed by atoms with Crippen molar-refractivity contribution in [2.45, 2.75) is 33.1 Å². The average molecular weight is 863 g/mol. The number of fused-ring (bicyclic) bond motifs is 9. The third-order valence-electron chi connectivity index (χ3n) is 13.6. The van der Waals surface area contributed by atoms with Gasteiger partial charge in [0.15, 0.2) is 0 Å². The molecule has 1 aliphatic rings. The molecule has 0 aliphatic carbocycles. The smallest absolute Gasteiger partial charge is 0.0637 e. The van der Waals surface area contributed by atoms with Gasteiger partial charge in [0.2, 0.25) is 0 Å². The molecule has 0 amide bonds. The predicted molar refractivity (Wildman–Crippen MR) is 285 cm³/mol. The van der Waals surface area contributed by atoms with Gasteiger partial charge in [0, 0.05) is 72.3 Å². The molecule has 0 fully saturated rings. The van der Waals surface area contributed by atoms with Crippen LogP contribution in [0.25, 0.3) is 77.7 Å². The van der Waals surface area contributed by atoms with Gasteiger partial charge in [0.05, 0.1) is 27.6 Å². The van der Waals surface area contributed by atoms with E-state index in [1.54, 1.807) is 0 Å². The molecule has 0 unspecified atom stereocenters. The maximum absolute atomic E-state index is 4.64. The lowest BCUT2D eigenvalue weighted by Gasteiger charge is -2.29. The Bertz CT molecular complexity index is 3760. The van der Waals surface area contributed by atoms with Crippen LogP contribution >= 0.6 is 0 Å². The van der Waals surface area contributed by atoms with Crippen LogP contribution < -0.4 is 4.90 Å². The molecule has 3 aromatic heterocycles. The molecule has 0 saturated carbocycles. The van der Waals surface area contributed by atoms with Gasteiger partial charge in [-0.1, -0.05) is 153 Å². The van der Waals surface area contributed by atoms with Crippen molar-refractivity contribution in [3.63, 3.8) is 0 Å². The first-order valence-electron chi connectivity index (χ1n) is 23.5. The largest absolute Gasteiger partial charge is 0.313 e. The lowest BCUT2D eigenvalue weighted by atomic mass is 10.0. The van der Waals surface area contributed by atoms with Crippen LogP contribution in [0, 0.1) is 6.92 Å². The van der Waals surface area contributed by atoms with E-state index in [1.807, 2.05) is 0 Å². The first-order chi connectivity index (χ1) is 33.1. The Balaban J connectivity index is 1.01. The summed E-state index contributed by atoms with van der Waals surface area (Å²) in [4.78, 5) is 2.33. The number of allylic oxidation sites excluding steroid dienone is 5. The van der Waals surface area contributed by atoms with Crippen LogP contribution in [-0.4, -0.2) is 13.7 Å². The fraction of sp³-hybridized carbons (Fsp3) is 0.0794. The molecule has 0 atom stereocenters. The number of para-hydroxylation sites is 5. The molecule has 4 heterocycles. The zero-order valence-electron chi connectivity index (χ0n) is 37.9. The summed E-state index contributed by atoms with van der Waals surface area (Å²) in [6.07, 6.45) is 15.7. The van der Waals surface area contributed by atoms with E-state index in [9.17, 15) is 0 Å². The van der Waals surface area contributed by atoms with E-state index in [0.29, 0.717) is 0 Å². The Morgan fingerprint density at radius 2 is 1.15 bits per heavy atom. The number of nitrogens with zero attached hydrogens (tertiary/aromatic N) is 4. The van der Waals surface area contributed by atoms with Crippen LogP contribution in [0.4, 0.5) is 11.4 Å². The summed E-state index contributed by atoms with van der Waals surface area (Å²) in [6, 6.07) is 66.9. The summed E-state index contributed by atoms with van der Waals surface area (Å²) in [5.41, 5.74) is 18.8. The number of rotatable bonds is 8. The summed E-state index contributed by atoms with van der Waals surface area (Å²) in [5.74, 6) is 0. The average Bonchev–Trinajstić information content (AvgIpc) is 4.00. The normalized spacial score (nSPS) is 14.1. The monoisotopic (exact) mass is 862 g/mol. The summed E-state index contributed by atoms with van der Waals surface area (Å²) in [7, 11) is 0.